The number of amides is 2. The second-order valence-electron chi connectivity index (χ2n) is 9.19. The number of carbonyl (C=O) groups excluding carboxylic acids is 2. The van der Waals surface area contributed by atoms with Crippen LogP contribution in [0.4, 0.5) is 4.79 Å². The minimum Gasteiger partial charge on any atom is -0.481 e. The second-order valence-corrected chi connectivity index (χ2v) is 9.19. The van der Waals surface area contributed by atoms with Crippen molar-refractivity contribution in [1.82, 2.24) is 14.8 Å². The molecule has 10 heteroatoms. The van der Waals surface area contributed by atoms with Crippen LogP contribution in [0.5, 0.6) is 0 Å². The van der Waals surface area contributed by atoms with Gasteiger partial charge >= 0.3 is 18.0 Å². The topological polar surface area (TPSA) is 137 Å². The van der Waals surface area contributed by atoms with Crippen LogP contribution < -0.4 is 0 Å². The predicted octanol–water partition coefficient (Wildman–Crippen LogP) is 2.47. The molecule has 0 bridgehead atoms. The molecule has 1 aromatic heterocycles. The van der Waals surface area contributed by atoms with Crippen LogP contribution in [0.3, 0.4) is 0 Å². The summed E-state index contributed by atoms with van der Waals surface area (Å²) in [6.45, 7) is 6.60. The lowest BCUT2D eigenvalue weighted by Crippen LogP contribution is -2.41. The van der Waals surface area contributed by atoms with Crippen molar-refractivity contribution in [3.63, 3.8) is 0 Å². The first kappa shape index (κ1) is 23.5. The summed E-state index contributed by atoms with van der Waals surface area (Å²) in [6, 6.07) is 2.23. The van der Waals surface area contributed by atoms with Gasteiger partial charge in [0.2, 0.25) is 0 Å². The number of pyridine rings is 1. The molecule has 3 heterocycles. The number of likely N-dealkylation sites (tertiary alicyclic amines) is 1. The van der Waals surface area contributed by atoms with Crippen molar-refractivity contribution in [1.29, 1.82) is 0 Å². The quantitative estimate of drug-likeness (QED) is 0.678. The number of nitrogens with zero attached hydrogens (tertiary/aromatic N) is 3. The van der Waals surface area contributed by atoms with Gasteiger partial charge in [-0.2, -0.15) is 0 Å². The first-order chi connectivity index (χ1) is 15.0. The highest BCUT2D eigenvalue weighted by molar-refractivity contribution is 6.00. The number of ether oxygens (including phenoxy) is 1. The van der Waals surface area contributed by atoms with Crippen LogP contribution in [0.15, 0.2) is 12.1 Å². The molecule has 1 saturated heterocycles. The van der Waals surface area contributed by atoms with Gasteiger partial charge in [0.1, 0.15) is 11.6 Å². The molecule has 0 radical (unpaired) electrons. The SMILES string of the molecule is CC(C)(C)OC(=O)N1CCC(c2ccc3c(n2)CN(C(CCC(=O)O)C(=O)O)C3=O)CC1. The Bertz CT molecular complexity index is 917. The predicted molar refractivity (Wildman–Crippen MR) is 112 cm³/mol. The van der Waals surface area contributed by atoms with Crippen LogP contribution in [0.2, 0.25) is 0 Å². The normalized spacial score (nSPS) is 17.8. The number of rotatable bonds is 6. The lowest BCUT2D eigenvalue weighted by atomic mass is 9.92. The Morgan fingerprint density at radius 2 is 1.84 bits per heavy atom. The minimum absolute atomic E-state index is 0.0370. The second kappa shape index (κ2) is 9.13. The van der Waals surface area contributed by atoms with E-state index in [9.17, 15) is 24.3 Å². The highest BCUT2D eigenvalue weighted by atomic mass is 16.6. The number of carboxylic acids is 2. The molecular weight excluding hydrogens is 418 g/mol. The molecule has 1 unspecified atom stereocenters. The summed E-state index contributed by atoms with van der Waals surface area (Å²) >= 11 is 0. The standard InChI is InChI=1S/C22H29N3O7/c1-22(2,3)32-21(31)24-10-8-13(9-11-24)15-5-4-14-16(23-15)12-25(19(14)28)17(20(29)30)6-7-18(26)27/h4-5,13,17H,6-12H2,1-3H3,(H,26,27)(H,29,30). The van der Waals surface area contributed by atoms with Gasteiger partial charge in [0.05, 0.1) is 17.8 Å². The van der Waals surface area contributed by atoms with Crippen LogP contribution in [0, 0.1) is 0 Å². The number of carbonyl (C=O) groups is 4. The maximum Gasteiger partial charge on any atom is 0.410 e. The largest absolute Gasteiger partial charge is 0.481 e. The zero-order valence-corrected chi connectivity index (χ0v) is 18.5. The van der Waals surface area contributed by atoms with Gasteiger partial charge in [-0.1, -0.05) is 0 Å². The maximum absolute atomic E-state index is 12.7. The van der Waals surface area contributed by atoms with E-state index < -0.39 is 29.5 Å². The average Bonchev–Trinajstić information content (AvgIpc) is 3.02. The van der Waals surface area contributed by atoms with Crippen molar-refractivity contribution in [2.24, 2.45) is 0 Å². The molecule has 1 atom stereocenters. The number of piperidine rings is 1. The van der Waals surface area contributed by atoms with Crippen molar-refractivity contribution < 1.29 is 34.1 Å². The molecule has 0 aliphatic carbocycles. The fraction of sp³-hybridized carbons (Fsp3) is 0.591. The summed E-state index contributed by atoms with van der Waals surface area (Å²) < 4.78 is 5.42. The van der Waals surface area contributed by atoms with Gasteiger partial charge in [-0.05, 0) is 52.2 Å². The van der Waals surface area contributed by atoms with Gasteiger partial charge in [-0.25, -0.2) is 9.59 Å². The molecule has 2 aliphatic rings. The van der Waals surface area contributed by atoms with Gasteiger partial charge in [0.15, 0.2) is 0 Å². The fourth-order valence-corrected chi connectivity index (χ4v) is 4.06. The molecule has 32 heavy (non-hydrogen) atoms. The minimum atomic E-state index is -1.23. The number of aliphatic carboxylic acids is 2. The first-order valence-electron chi connectivity index (χ1n) is 10.7. The van der Waals surface area contributed by atoms with E-state index in [4.69, 9.17) is 9.84 Å². The van der Waals surface area contributed by atoms with Gasteiger partial charge in [-0.15, -0.1) is 0 Å². The Balaban J connectivity index is 1.66. The van der Waals surface area contributed by atoms with E-state index >= 15 is 0 Å². The third-order valence-corrected chi connectivity index (χ3v) is 5.66. The van der Waals surface area contributed by atoms with Crippen molar-refractivity contribution in [2.75, 3.05) is 13.1 Å². The lowest BCUT2D eigenvalue weighted by molar-refractivity contribution is -0.143. The van der Waals surface area contributed by atoms with Crippen LogP contribution in [0.25, 0.3) is 0 Å². The molecule has 1 fully saturated rings. The summed E-state index contributed by atoms with van der Waals surface area (Å²) in [4.78, 5) is 55.0. The van der Waals surface area contributed by atoms with E-state index in [1.54, 1.807) is 17.0 Å². The van der Waals surface area contributed by atoms with Crippen molar-refractivity contribution >= 4 is 23.9 Å². The number of aromatic nitrogens is 1. The van der Waals surface area contributed by atoms with Gasteiger partial charge in [0.25, 0.3) is 5.91 Å². The lowest BCUT2D eigenvalue weighted by Gasteiger charge is -2.33. The molecule has 174 valence electrons. The maximum atomic E-state index is 12.7. The van der Waals surface area contributed by atoms with E-state index in [-0.39, 0.29) is 31.4 Å². The van der Waals surface area contributed by atoms with Crippen LogP contribution in [-0.2, 0) is 20.9 Å². The van der Waals surface area contributed by atoms with Crippen molar-refractivity contribution in [3.8, 4) is 0 Å². The molecular formula is C22H29N3O7. The summed E-state index contributed by atoms with van der Waals surface area (Å²) in [5.41, 5.74) is 1.11. The van der Waals surface area contributed by atoms with E-state index in [0.717, 1.165) is 5.69 Å². The van der Waals surface area contributed by atoms with E-state index in [0.29, 0.717) is 37.2 Å². The number of hydrogen-bond donors (Lipinski definition) is 2. The summed E-state index contributed by atoms with van der Waals surface area (Å²) in [5, 5.41) is 18.4. The van der Waals surface area contributed by atoms with E-state index in [2.05, 4.69) is 4.98 Å². The summed E-state index contributed by atoms with van der Waals surface area (Å²) in [5.74, 6) is -2.68. The highest BCUT2D eigenvalue weighted by Crippen LogP contribution is 2.31. The fourth-order valence-electron chi connectivity index (χ4n) is 4.06. The third kappa shape index (κ3) is 5.35. The molecule has 2 amide bonds. The Labute approximate surface area is 186 Å². The molecule has 0 aromatic carbocycles. The number of fused-ring (bicyclic) bond motifs is 1. The Kier molecular flexibility index (Phi) is 6.71. The van der Waals surface area contributed by atoms with Crippen LogP contribution in [0.1, 0.15) is 74.1 Å². The van der Waals surface area contributed by atoms with Crippen molar-refractivity contribution in [2.45, 2.75) is 70.6 Å². The Morgan fingerprint density at radius 3 is 2.41 bits per heavy atom. The average molecular weight is 447 g/mol. The summed E-state index contributed by atoms with van der Waals surface area (Å²) in [6.07, 6.45) is 0.574. The zero-order valence-electron chi connectivity index (χ0n) is 18.5. The monoisotopic (exact) mass is 447 g/mol. The Morgan fingerprint density at radius 1 is 1.19 bits per heavy atom. The molecule has 1 aromatic rings. The summed E-state index contributed by atoms with van der Waals surface area (Å²) in [7, 11) is 0. The molecule has 2 aliphatic heterocycles. The molecule has 2 N–H and O–H groups in total. The molecule has 0 spiro atoms. The number of carboxylic acid groups (broad SMARTS) is 2. The smallest absolute Gasteiger partial charge is 0.410 e. The van der Waals surface area contributed by atoms with Crippen molar-refractivity contribution in [3.05, 3.63) is 29.1 Å². The molecule has 3 rings (SSSR count). The van der Waals surface area contributed by atoms with Gasteiger partial charge < -0.3 is 24.7 Å². The molecule has 0 saturated carbocycles. The first-order valence-corrected chi connectivity index (χ1v) is 10.7. The third-order valence-electron chi connectivity index (χ3n) is 5.66. The zero-order chi connectivity index (χ0) is 23.6. The van der Waals surface area contributed by atoms with Crippen LogP contribution >= 0.6 is 0 Å². The Hall–Kier alpha value is -3.17. The molecule has 10 nitrogen and oxygen atoms in total. The van der Waals surface area contributed by atoms with E-state index in [1.165, 1.54) is 4.90 Å². The highest BCUT2D eigenvalue weighted by Gasteiger charge is 2.38. The number of hydrogen-bond acceptors (Lipinski definition) is 6. The van der Waals surface area contributed by atoms with Crippen LogP contribution in [-0.4, -0.2) is 73.7 Å². The van der Waals surface area contributed by atoms with Gasteiger partial charge in [0, 0.05) is 31.1 Å². The van der Waals surface area contributed by atoms with Gasteiger partial charge in [-0.3, -0.25) is 14.6 Å². The van der Waals surface area contributed by atoms with E-state index in [1.807, 2.05) is 20.8 Å².